The van der Waals surface area contributed by atoms with Gasteiger partial charge in [0, 0.05) is 6.04 Å². The van der Waals surface area contributed by atoms with E-state index in [1.165, 1.54) is 6.33 Å². The van der Waals surface area contributed by atoms with Gasteiger partial charge in [-0.1, -0.05) is 25.9 Å². The van der Waals surface area contributed by atoms with E-state index in [4.69, 9.17) is 4.52 Å². The number of H-pyrrole nitrogens is 1. The molecule has 2 N–H and O–H groups in total. The van der Waals surface area contributed by atoms with Gasteiger partial charge in [0.15, 0.2) is 5.82 Å². The lowest BCUT2D eigenvalue weighted by atomic mass is 9.86. The predicted octanol–water partition coefficient (Wildman–Crippen LogP) is 0.693. The molecule has 1 atom stereocenters. The number of hydrogen-bond donors (Lipinski definition) is 2. The van der Waals surface area contributed by atoms with Crippen molar-refractivity contribution < 1.29 is 9.63 Å². The van der Waals surface area contributed by atoms with Crippen molar-refractivity contribution in [3.63, 3.8) is 0 Å². The molecule has 0 aromatic carbocycles. The first-order valence-corrected chi connectivity index (χ1v) is 6.41. The molecule has 0 radical (unpaired) electrons. The standard InChI is InChI=1S/C12H20N6O2/c1-12(2,3)8(6-19)18(4)5-9-15-11(17-20-9)10-13-7-14-16-10/h7-8,19H,5-6H2,1-4H3,(H,13,14,16). The zero-order valence-electron chi connectivity index (χ0n) is 12.2. The van der Waals surface area contributed by atoms with Crippen LogP contribution in [0.3, 0.4) is 0 Å². The van der Waals surface area contributed by atoms with Gasteiger partial charge in [0.25, 0.3) is 0 Å². The van der Waals surface area contributed by atoms with Crippen LogP contribution in [-0.4, -0.2) is 55.0 Å². The normalized spacial score (nSPS) is 13.9. The van der Waals surface area contributed by atoms with E-state index in [-0.39, 0.29) is 18.1 Å². The van der Waals surface area contributed by atoms with Gasteiger partial charge in [0.1, 0.15) is 6.33 Å². The molecule has 0 fully saturated rings. The minimum absolute atomic E-state index is 0.00290. The van der Waals surface area contributed by atoms with Gasteiger partial charge in [-0.3, -0.25) is 10.00 Å². The maximum absolute atomic E-state index is 9.53. The molecule has 2 heterocycles. The molecule has 110 valence electrons. The van der Waals surface area contributed by atoms with Crippen LogP contribution in [-0.2, 0) is 6.54 Å². The van der Waals surface area contributed by atoms with Crippen LogP contribution < -0.4 is 0 Å². The van der Waals surface area contributed by atoms with Gasteiger partial charge < -0.3 is 9.63 Å². The number of hydrogen-bond acceptors (Lipinski definition) is 7. The van der Waals surface area contributed by atoms with Crippen molar-refractivity contribution in [2.45, 2.75) is 33.4 Å². The first-order valence-electron chi connectivity index (χ1n) is 6.41. The molecule has 20 heavy (non-hydrogen) atoms. The molecule has 0 aliphatic carbocycles. The van der Waals surface area contributed by atoms with Crippen LogP contribution in [0.2, 0.25) is 0 Å². The van der Waals surface area contributed by atoms with Gasteiger partial charge in [0.05, 0.1) is 13.2 Å². The second kappa shape index (κ2) is 5.68. The number of rotatable bonds is 5. The Bertz CT molecular complexity index is 530. The zero-order valence-corrected chi connectivity index (χ0v) is 12.2. The summed E-state index contributed by atoms with van der Waals surface area (Å²) < 4.78 is 5.19. The Hall–Kier alpha value is -1.80. The Balaban J connectivity index is 2.07. The first kappa shape index (κ1) is 14.6. The third-order valence-corrected chi connectivity index (χ3v) is 3.18. The molecule has 0 amide bonds. The monoisotopic (exact) mass is 280 g/mol. The third-order valence-electron chi connectivity index (χ3n) is 3.18. The number of nitrogens with zero attached hydrogens (tertiary/aromatic N) is 5. The number of likely N-dealkylation sites (N-methyl/N-ethyl adjacent to an activating group) is 1. The Morgan fingerprint density at radius 3 is 2.75 bits per heavy atom. The van der Waals surface area contributed by atoms with Crippen LogP contribution in [0.15, 0.2) is 10.9 Å². The van der Waals surface area contributed by atoms with Crippen LogP contribution in [0.4, 0.5) is 0 Å². The van der Waals surface area contributed by atoms with E-state index < -0.39 is 0 Å². The van der Waals surface area contributed by atoms with Gasteiger partial charge in [-0.2, -0.15) is 10.1 Å². The van der Waals surface area contributed by atoms with E-state index in [1.54, 1.807) is 0 Å². The fraction of sp³-hybridized carbons (Fsp3) is 0.667. The van der Waals surface area contributed by atoms with Crippen molar-refractivity contribution in [1.29, 1.82) is 0 Å². The number of aromatic nitrogens is 5. The third kappa shape index (κ3) is 3.20. The van der Waals surface area contributed by atoms with E-state index >= 15 is 0 Å². The lowest BCUT2D eigenvalue weighted by Crippen LogP contribution is -2.44. The zero-order chi connectivity index (χ0) is 14.8. The topological polar surface area (TPSA) is 104 Å². The fourth-order valence-electron chi connectivity index (χ4n) is 2.13. The Morgan fingerprint density at radius 1 is 1.45 bits per heavy atom. The van der Waals surface area contributed by atoms with E-state index in [0.29, 0.717) is 24.1 Å². The summed E-state index contributed by atoms with van der Waals surface area (Å²) >= 11 is 0. The molecule has 2 rings (SSSR count). The van der Waals surface area contributed by atoms with Crippen molar-refractivity contribution in [2.75, 3.05) is 13.7 Å². The van der Waals surface area contributed by atoms with Crippen molar-refractivity contribution in [2.24, 2.45) is 5.41 Å². The van der Waals surface area contributed by atoms with Crippen molar-refractivity contribution in [3.05, 3.63) is 12.2 Å². The maximum atomic E-state index is 9.53. The van der Waals surface area contributed by atoms with E-state index in [1.807, 2.05) is 11.9 Å². The van der Waals surface area contributed by atoms with Crippen LogP contribution in [0.25, 0.3) is 11.6 Å². The quantitative estimate of drug-likeness (QED) is 0.830. The summed E-state index contributed by atoms with van der Waals surface area (Å²) in [6.45, 7) is 6.78. The molecule has 0 saturated carbocycles. The number of aromatic amines is 1. The van der Waals surface area contributed by atoms with Gasteiger partial charge in [0.2, 0.25) is 11.7 Å². The summed E-state index contributed by atoms with van der Waals surface area (Å²) in [5.74, 6) is 1.32. The first-order chi connectivity index (χ1) is 9.41. The molecule has 0 spiro atoms. The molecule has 0 aliphatic heterocycles. The second-order valence-electron chi connectivity index (χ2n) is 5.83. The fourth-order valence-corrected chi connectivity index (χ4v) is 2.13. The lowest BCUT2D eigenvalue weighted by molar-refractivity contribution is 0.0549. The lowest BCUT2D eigenvalue weighted by Gasteiger charge is -2.35. The highest BCUT2D eigenvalue weighted by Crippen LogP contribution is 2.24. The van der Waals surface area contributed by atoms with Gasteiger partial charge in [-0.25, -0.2) is 4.98 Å². The highest BCUT2D eigenvalue weighted by Gasteiger charge is 2.28. The van der Waals surface area contributed by atoms with Crippen LogP contribution in [0, 0.1) is 5.41 Å². The number of aliphatic hydroxyl groups is 1. The molecule has 2 aromatic rings. The van der Waals surface area contributed by atoms with Crippen molar-refractivity contribution in [1.82, 2.24) is 30.2 Å². The Morgan fingerprint density at radius 2 is 2.20 bits per heavy atom. The van der Waals surface area contributed by atoms with E-state index in [0.717, 1.165) is 0 Å². The molecular weight excluding hydrogens is 260 g/mol. The number of aliphatic hydroxyl groups excluding tert-OH is 1. The van der Waals surface area contributed by atoms with Crippen LogP contribution >= 0.6 is 0 Å². The molecule has 0 bridgehead atoms. The van der Waals surface area contributed by atoms with Gasteiger partial charge >= 0.3 is 0 Å². The summed E-state index contributed by atoms with van der Waals surface area (Å²) in [6, 6.07) is 0.00290. The van der Waals surface area contributed by atoms with Crippen molar-refractivity contribution >= 4 is 0 Å². The molecule has 8 heteroatoms. The average molecular weight is 280 g/mol. The van der Waals surface area contributed by atoms with E-state index in [9.17, 15) is 5.11 Å². The molecule has 2 aromatic heterocycles. The molecule has 0 aliphatic rings. The van der Waals surface area contributed by atoms with Gasteiger partial charge in [-0.05, 0) is 12.5 Å². The summed E-state index contributed by atoms with van der Waals surface area (Å²) in [5.41, 5.74) is -0.0444. The maximum Gasteiger partial charge on any atom is 0.241 e. The summed E-state index contributed by atoms with van der Waals surface area (Å²) in [4.78, 5) is 10.2. The van der Waals surface area contributed by atoms with Gasteiger partial charge in [-0.15, -0.1) is 0 Å². The van der Waals surface area contributed by atoms with E-state index in [2.05, 4.69) is 46.1 Å². The minimum atomic E-state index is -0.0444. The highest BCUT2D eigenvalue weighted by atomic mass is 16.5. The summed E-state index contributed by atoms with van der Waals surface area (Å²) in [6.07, 6.45) is 1.39. The minimum Gasteiger partial charge on any atom is -0.395 e. The predicted molar refractivity (Wildman–Crippen MR) is 71.5 cm³/mol. The molecular formula is C12H20N6O2. The van der Waals surface area contributed by atoms with Crippen molar-refractivity contribution in [3.8, 4) is 11.6 Å². The largest absolute Gasteiger partial charge is 0.395 e. The summed E-state index contributed by atoms with van der Waals surface area (Å²) in [7, 11) is 1.92. The van der Waals surface area contributed by atoms with Crippen LogP contribution in [0.1, 0.15) is 26.7 Å². The highest BCUT2D eigenvalue weighted by molar-refractivity contribution is 5.39. The molecule has 0 saturated heterocycles. The summed E-state index contributed by atoms with van der Waals surface area (Å²) in [5, 5.41) is 19.8. The van der Waals surface area contributed by atoms with Crippen LogP contribution in [0.5, 0.6) is 0 Å². The SMILES string of the molecule is CN(Cc1nc(-c2ncn[nH]2)no1)C(CO)C(C)(C)C. The second-order valence-corrected chi connectivity index (χ2v) is 5.83. The smallest absolute Gasteiger partial charge is 0.241 e. The Kier molecular flexibility index (Phi) is 4.15. The molecule has 8 nitrogen and oxygen atoms in total. The Labute approximate surface area is 117 Å². The average Bonchev–Trinajstić information content (AvgIpc) is 2.96. The molecule has 1 unspecified atom stereocenters. The number of nitrogens with one attached hydrogen (secondary N) is 1.